The van der Waals surface area contributed by atoms with Crippen LogP contribution in [0.1, 0.15) is 25.0 Å². The monoisotopic (exact) mass is 299 g/mol. The molecule has 5 heteroatoms. The zero-order valence-corrected chi connectivity index (χ0v) is 12.7. The predicted octanol–water partition coefficient (Wildman–Crippen LogP) is 2.94. The second-order valence-corrected chi connectivity index (χ2v) is 6.02. The molecule has 1 heterocycles. The van der Waals surface area contributed by atoms with Crippen LogP contribution in [0.15, 0.2) is 30.3 Å². The number of thiocarbonyl (C=S) groups is 1. The highest BCUT2D eigenvalue weighted by molar-refractivity contribution is 7.80. The molecule has 2 aromatic rings. The molecule has 1 aliphatic carbocycles. The van der Waals surface area contributed by atoms with E-state index in [2.05, 4.69) is 10.3 Å². The number of benzene rings is 1. The first-order chi connectivity index (χ1) is 10.0. The maximum Gasteiger partial charge on any atom is 0.237 e. The molecule has 0 spiro atoms. The summed E-state index contributed by atoms with van der Waals surface area (Å²) in [6.45, 7) is 1.91. The Morgan fingerprint density at radius 2 is 2.10 bits per heavy atom. The van der Waals surface area contributed by atoms with Crippen molar-refractivity contribution in [3.63, 3.8) is 0 Å². The van der Waals surface area contributed by atoms with E-state index in [0.29, 0.717) is 4.99 Å². The second-order valence-electron chi connectivity index (χ2n) is 5.58. The van der Waals surface area contributed by atoms with Gasteiger partial charge in [-0.25, -0.2) is 0 Å². The summed E-state index contributed by atoms with van der Waals surface area (Å²) in [5.41, 5.74) is 7.61. The van der Waals surface area contributed by atoms with Crippen molar-refractivity contribution in [2.24, 2.45) is 11.1 Å². The van der Waals surface area contributed by atoms with Gasteiger partial charge in [-0.15, -0.1) is 0 Å². The van der Waals surface area contributed by atoms with Gasteiger partial charge >= 0.3 is 0 Å². The SMILES string of the molecule is Cc1cc(NC(=O)C2(C(N)=S)CCC2)c2ccccc2n1. The van der Waals surface area contributed by atoms with Gasteiger partial charge in [-0.1, -0.05) is 36.8 Å². The lowest BCUT2D eigenvalue weighted by atomic mass is 9.68. The second kappa shape index (κ2) is 5.07. The van der Waals surface area contributed by atoms with Crippen molar-refractivity contribution in [1.82, 2.24) is 4.98 Å². The quantitative estimate of drug-likeness (QED) is 0.855. The van der Waals surface area contributed by atoms with Crippen molar-refractivity contribution in [3.05, 3.63) is 36.0 Å². The number of amides is 1. The maximum absolute atomic E-state index is 12.6. The van der Waals surface area contributed by atoms with Crippen LogP contribution >= 0.6 is 12.2 Å². The summed E-state index contributed by atoms with van der Waals surface area (Å²) >= 11 is 5.10. The van der Waals surface area contributed by atoms with E-state index in [-0.39, 0.29) is 5.91 Å². The number of rotatable bonds is 3. The third-order valence-corrected chi connectivity index (χ3v) is 4.60. The van der Waals surface area contributed by atoms with Gasteiger partial charge in [0, 0.05) is 11.1 Å². The smallest absolute Gasteiger partial charge is 0.237 e. The maximum atomic E-state index is 12.6. The highest BCUT2D eigenvalue weighted by atomic mass is 32.1. The van der Waals surface area contributed by atoms with Crippen LogP contribution < -0.4 is 11.1 Å². The number of nitrogens with one attached hydrogen (secondary N) is 1. The number of carbonyl (C=O) groups is 1. The van der Waals surface area contributed by atoms with Gasteiger partial charge in [0.05, 0.1) is 21.6 Å². The number of aromatic nitrogens is 1. The first-order valence-electron chi connectivity index (χ1n) is 7.01. The molecule has 1 aromatic carbocycles. The van der Waals surface area contributed by atoms with E-state index in [0.717, 1.165) is 41.5 Å². The Kier molecular flexibility index (Phi) is 3.37. The predicted molar refractivity (Wildman–Crippen MR) is 88.2 cm³/mol. The summed E-state index contributed by atoms with van der Waals surface area (Å²) in [6, 6.07) is 9.63. The Balaban J connectivity index is 1.98. The standard InChI is InChI=1S/C16H17N3OS/c1-10-9-13(11-5-2-3-6-12(11)18-10)19-15(20)16(14(17)21)7-4-8-16/h2-3,5-6,9H,4,7-8H2,1H3,(H2,17,21)(H,18,19,20). The van der Waals surface area contributed by atoms with Crippen LogP contribution in [0.3, 0.4) is 0 Å². The number of nitrogens with two attached hydrogens (primary N) is 1. The summed E-state index contributed by atoms with van der Waals surface area (Å²) in [5, 5.41) is 3.93. The number of hydrogen-bond donors (Lipinski definition) is 2. The summed E-state index contributed by atoms with van der Waals surface area (Å²) in [6.07, 6.45) is 2.45. The van der Waals surface area contributed by atoms with Gasteiger partial charge < -0.3 is 11.1 Å². The molecule has 1 aromatic heterocycles. The largest absolute Gasteiger partial charge is 0.392 e. The number of hydrogen-bond acceptors (Lipinski definition) is 3. The number of carbonyl (C=O) groups excluding carboxylic acids is 1. The molecule has 1 aliphatic rings. The van der Waals surface area contributed by atoms with Crippen LogP contribution in [0.2, 0.25) is 0 Å². The lowest BCUT2D eigenvalue weighted by molar-refractivity contribution is -0.125. The van der Waals surface area contributed by atoms with Crippen LogP contribution in [-0.4, -0.2) is 15.9 Å². The van der Waals surface area contributed by atoms with Crippen LogP contribution in [0.4, 0.5) is 5.69 Å². The fraction of sp³-hybridized carbons (Fsp3) is 0.312. The third kappa shape index (κ3) is 2.27. The Hall–Kier alpha value is -2.01. The summed E-state index contributed by atoms with van der Waals surface area (Å²) < 4.78 is 0. The number of fused-ring (bicyclic) bond motifs is 1. The highest BCUT2D eigenvalue weighted by Crippen LogP contribution is 2.42. The van der Waals surface area contributed by atoms with Crippen LogP contribution in [0.5, 0.6) is 0 Å². The van der Waals surface area contributed by atoms with Gasteiger partial charge in [0.25, 0.3) is 0 Å². The Morgan fingerprint density at radius 3 is 2.71 bits per heavy atom. The topological polar surface area (TPSA) is 68.0 Å². The average molecular weight is 299 g/mol. The van der Waals surface area contributed by atoms with Crippen LogP contribution in [0, 0.1) is 12.3 Å². The molecule has 0 saturated heterocycles. The molecule has 0 atom stereocenters. The minimum absolute atomic E-state index is 0.1000. The normalized spacial score (nSPS) is 16.2. The van der Waals surface area contributed by atoms with Gasteiger partial charge in [0.1, 0.15) is 0 Å². The van der Waals surface area contributed by atoms with E-state index in [4.69, 9.17) is 18.0 Å². The zero-order chi connectivity index (χ0) is 15.0. The van der Waals surface area contributed by atoms with Crippen molar-refractivity contribution in [2.45, 2.75) is 26.2 Å². The highest BCUT2D eigenvalue weighted by Gasteiger charge is 2.47. The molecule has 0 bridgehead atoms. The average Bonchev–Trinajstić information content (AvgIpc) is 2.36. The van der Waals surface area contributed by atoms with Crippen LogP contribution in [0.25, 0.3) is 10.9 Å². The number of pyridine rings is 1. The van der Waals surface area contributed by atoms with Gasteiger partial charge in [0.15, 0.2) is 0 Å². The molecule has 0 unspecified atom stereocenters. The Morgan fingerprint density at radius 1 is 1.38 bits per heavy atom. The molecule has 3 N–H and O–H groups in total. The van der Waals surface area contributed by atoms with E-state index in [9.17, 15) is 4.79 Å². The van der Waals surface area contributed by atoms with Crippen molar-refractivity contribution in [3.8, 4) is 0 Å². The summed E-state index contributed by atoms with van der Waals surface area (Å²) in [4.78, 5) is 17.4. The minimum Gasteiger partial charge on any atom is -0.392 e. The van der Waals surface area contributed by atoms with E-state index in [1.54, 1.807) is 0 Å². The first kappa shape index (κ1) is 13.9. The lowest BCUT2D eigenvalue weighted by Gasteiger charge is -2.39. The molecule has 1 amide bonds. The molecule has 1 saturated carbocycles. The fourth-order valence-electron chi connectivity index (χ4n) is 2.77. The molecule has 3 rings (SSSR count). The van der Waals surface area contributed by atoms with Crippen molar-refractivity contribution in [2.75, 3.05) is 5.32 Å². The molecule has 1 fully saturated rings. The summed E-state index contributed by atoms with van der Waals surface area (Å²) in [5.74, 6) is -0.1000. The van der Waals surface area contributed by atoms with Gasteiger partial charge in [0.2, 0.25) is 5.91 Å². The molecule has 4 nitrogen and oxygen atoms in total. The number of anilines is 1. The van der Waals surface area contributed by atoms with Gasteiger partial charge in [-0.3, -0.25) is 9.78 Å². The van der Waals surface area contributed by atoms with Gasteiger partial charge in [-0.2, -0.15) is 0 Å². The summed E-state index contributed by atoms with van der Waals surface area (Å²) in [7, 11) is 0. The van der Waals surface area contributed by atoms with Crippen molar-refractivity contribution < 1.29 is 4.79 Å². The molecule has 0 aliphatic heterocycles. The Bertz CT molecular complexity index is 737. The van der Waals surface area contributed by atoms with Gasteiger partial charge in [-0.05, 0) is 31.9 Å². The van der Waals surface area contributed by atoms with Crippen LogP contribution in [-0.2, 0) is 4.79 Å². The van der Waals surface area contributed by atoms with E-state index in [1.165, 1.54) is 0 Å². The van der Waals surface area contributed by atoms with E-state index >= 15 is 0 Å². The number of aryl methyl sites for hydroxylation is 1. The van der Waals surface area contributed by atoms with Crippen molar-refractivity contribution >= 4 is 39.7 Å². The van der Waals surface area contributed by atoms with E-state index < -0.39 is 5.41 Å². The Labute approximate surface area is 128 Å². The molecular formula is C16H17N3OS. The molecule has 21 heavy (non-hydrogen) atoms. The number of nitrogens with zero attached hydrogens (tertiary/aromatic N) is 1. The number of para-hydroxylation sites is 1. The fourth-order valence-corrected chi connectivity index (χ4v) is 3.07. The lowest BCUT2D eigenvalue weighted by Crippen LogP contribution is -2.50. The molecule has 108 valence electrons. The third-order valence-electron chi connectivity index (χ3n) is 4.21. The minimum atomic E-state index is -0.673. The first-order valence-corrected chi connectivity index (χ1v) is 7.41. The molecule has 0 radical (unpaired) electrons. The van der Waals surface area contributed by atoms with E-state index in [1.807, 2.05) is 37.3 Å². The molecular weight excluding hydrogens is 282 g/mol. The zero-order valence-electron chi connectivity index (χ0n) is 11.8. The van der Waals surface area contributed by atoms with Crippen molar-refractivity contribution in [1.29, 1.82) is 0 Å².